The van der Waals surface area contributed by atoms with E-state index in [4.69, 9.17) is 4.74 Å². The van der Waals surface area contributed by atoms with Crippen molar-refractivity contribution in [1.82, 2.24) is 4.57 Å². The number of methoxy groups -OCH3 is 1. The van der Waals surface area contributed by atoms with Crippen LogP contribution < -0.4 is 4.74 Å². The second-order valence-electron chi connectivity index (χ2n) is 6.55. The van der Waals surface area contributed by atoms with Crippen molar-refractivity contribution in [3.05, 3.63) is 65.9 Å². The fourth-order valence-electron chi connectivity index (χ4n) is 3.52. The Kier molecular flexibility index (Phi) is 3.88. The van der Waals surface area contributed by atoms with Crippen molar-refractivity contribution in [2.45, 2.75) is 25.3 Å². The molecule has 1 atom stereocenters. The van der Waals surface area contributed by atoms with E-state index in [1.807, 2.05) is 36.4 Å². The number of ether oxygens (including phenoxy) is 1. The summed E-state index contributed by atoms with van der Waals surface area (Å²) >= 11 is 0. The van der Waals surface area contributed by atoms with E-state index in [1.165, 1.54) is 5.56 Å². The number of carbonyl (C=O) groups is 2. The Hall–Kier alpha value is -2.88. The molecule has 25 heavy (non-hydrogen) atoms. The van der Waals surface area contributed by atoms with Gasteiger partial charge in [0.25, 0.3) is 0 Å². The smallest absolute Gasteiger partial charge is 0.148 e. The highest BCUT2D eigenvalue weighted by atomic mass is 16.5. The first-order valence-electron chi connectivity index (χ1n) is 8.40. The van der Waals surface area contributed by atoms with Crippen LogP contribution in [0, 0.1) is 0 Å². The molecule has 0 bridgehead atoms. The summed E-state index contributed by atoms with van der Waals surface area (Å²) in [5, 5.41) is 1.13. The molecular formula is C21H19NO3. The highest BCUT2D eigenvalue weighted by Crippen LogP contribution is 2.31. The SMILES string of the molecule is COc1ccc(Cn2ccc3ccc(C4CC(=O)CC4=O)cc32)cc1. The topological polar surface area (TPSA) is 48.3 Å². The Morgan fingerprint density at radius 2 is 1.88 bits per heavy atom. The van der Waals surface area contributed by atoms with Crippen LogP contribution in [0.15, 0.2) is 54.7 Å². The number of rotatable bonds is 4. The summed E-state index contributed by atoms with van der Waals surface area (Å²) in [6.45, 7) is 0.745. The molecule has 126 valence electrons. The van der Waals surface area contributed by atoms with E-state index < -0.39 is 0 Å². The lowest BCUT2D eigenvalue weighted by Gasteiger charge is -2.11. The van der Waals surface area contributed by atoms with Crippen molar-refractivity contribution in [3.8, 4) is 5.75 Å². The normalized spacial score (nSPS) is 17.4. The maximum atomic E-state index is 12.1. The molecule has 1 aromatic heterocycles. The predicted molar refractivity (Wildman–Crippen MR) is 96.0 cm³/mol. The fourth-order valence-corrected chi connectivity index (χ4v) is 3.52. The van der Waals surface area contributed by atoms with Crippen LogP contribution in [0.1, 0.15) is 29.9 Å². The summed E-state index contributed by atoms with van der Waals surface area (Å²) < 4.78 is 7.37. The highest BCUT2D eigenvalue weighted by molar-refractivity contribution is 6.09. The molecule has 1 saturated carbocycles. The van der Waals surface area contributed by atoms with E-state index >= 15 is 0 Å². The number of benzene rings is 2. The van der Waals surface area contributed by atoms with Crippen LogP contribution in [0.25, 0.3) is 10.9 Å². The molecule has 1 heterocycles. The third kappa shape index (κ3) is 2.95. The first-order valence-corrected chi connectivity index (χ1v) is 8.40. The van der Waals surface area contributed by atoms with Crippen molar-refractivity contribution in [1.29, 1.82) is 0 Å². The maximum absolute atomic E-state index is 12.1. The number of nitrogens with zero attached hydrogens (tertiary/aromatic N) is 1. The molecule has 4 nitrogen and oxygen atoms in total. The van der Waals surface area contributed by atoms with E-state index in [0.717, 1.165) is 28.8 Å². The van der Waals surface area contributed by atoms with Crippen molar-refractivity contribution < 1.29 is 14.3 Å². The molecule has 1 fully saturated rings. The fraction of sp³-hybridized carbons (Fsp3) is 0.238. The third-order valence-corrected chi connectivity index (χ3v) is 4.90. The third-order valence-electron chi connectivity index (χ3n) is 4.90. The number of hydrogen-bond acceptors (Lipinski definition) is 3. The molecule has 0 aliphatic heterocycles. The average Bonchev–Trinajstić information content (AvgIpc) is 3.18. The monoisotopic (exact) mass is 333 g/mol. The van der Waals surface area contributed by atoms with Gasteiger partial charge in [0.2, 0.25) is 0 Å². The van der Waals surface area contributed by atoms with E-state index in [2.05, 4.69) is 22.9 Å². The molecule has 4 heteroatoms. The van der Waals surface area contributed by atoms with Crippen LogP contribution in [0.5, 0.6) is 5.75 Å². The van der Waals surface area contributed by atoms with Gasteiger partial charge in [-0.2, -0.15) is 0 Å². The average molecular weight is 333 g/mol. The Bertz CT molecular complexity index is 953. The van der Waals surface area contributed by atoms with Crippen LogP contribution >= 0.6 is 0 Å². The Morgan fingerprint density at radius 1 is 1.08 bits per heavy atom. The summed E-state index contributed by atoms with van der Waals surface area (Å²) in [5.41, 5.74) is 3.20. The molecule has 0 spiro atoms. The Morgan fingerprint density at radius 3 is 2.56 bits per heavy atom. The summed E-state index contributed by atoms with van der Waals surface area (Å²) in [4.78, 5) is 23.6. The summed E-state index contributed by atoms with van der Waals surface area (Å²) in [6.07, 6.45) is 2.47. The zero-order chi connectivity index (χ0) is 17.4. The first kappa shape index (κ1) is 15.6. The molecule has 0 N–H and O–H groups in total. The number of aromatic nitrogens is 1. The van der Waals surface area contributed by atoms with Gasteiger partial charge in [0.05, 0.1) is 19.4 Å². The van der Waals surface area contributed by atoms with Gasteiger partial charge in [0.1, 0.15) is 17.3 Å². The summed E-state index contributed by atoms with van der Waals surface area (Å²) in [5.74, 6) is 0.648. The van der Waals surface area contributed by atoms with Crippen LogP contribution in [0.4, 0.5) is 0 Å². The zero-order valence-corrected chi connectivity index (χ0v) is 14.1. The lowest BCUT2D eigenvalue weighted by atomic mass is 9.96. The van der Waals surface area contributed by atoms with Gasteiger partial charge in [0, 0.05) is 24.7 Å². The zero-order valence-electron chi connectivity index (χ0n) is 14.1. The number of carbonyl (C=O) groups excluding carboxylic acids is 2. The lowest BCUT2D eigenvalue weighted by Crippen LogP contribution is -2.04. The Labute approximate surface area is 146 Å². The minimum atomic E-state index is -0.277. The Balaban J connectivity index is 1.66. The maximum Gasteiger partial charge on any atom is 0.148 e. The molecule has 2 aromatic carbocycles. The summed E-state index contributed by atoms with van der Waals surface area (Å²) in [7, 11) is 1.66. The molecule has 3 aromatic rings. The molecule has 1 unspecified atom stereocenters. The minimum Gasteiger partial charge on any atom is -0.497 e. The van der Waals surface area contributed by atoms with Gasteiger partial charge < -0.3 is 9.30 Å². The van der Waals surface area contributed by atoms with Gasteiger partial charge in [-0.3, -0.25) is 9.59 Å². The quantitative estimate of drug-likeness (QED) is 0.684. The van der Waals surface area contributed by atoms with Crippen LogP contribution in [0.2, 0.25) is 0 Å². The van der Waals surface area contributed by atoms with Crippen LogP contribution in [-0.2, 0) is 16.1 Å². The summed E-state index contributed by atoms with van der Waals surface area (Å²) in [6, 6.07) is 16.1. The number of ketones is 2. The van der Waals surface area contributed by atoms with Gasteiger partial charge in [0.15, 0.2) is 0 Å². The minimum absolute atomic E-state index is 0.0395. The van der Waals surface area contributed by atoms with Crippen molar-refractivity contribution in [2.24, 2.45) is 0 Å². The number of Topliss-reactive ketones (excluding diaryl/α,β-unsaturated/α-hetero) is 2. The van der Waals surface area contributed by atoms with E-state index in [9.17, 15) is 9.59 Å². The van der Waals surface area contributed by atoms with Crippen molar-refractivity contribution in [2.75, 3.05) is 7.11 Å². The van der Waals surface area contributed by atoms with Crippen LogP contribution in [0.3, 0.4) is 0 Å². The molecule has 0 amide bonds. The predicted octanol–water partition coefficient (Wildman–Crippen LogP) is 3.71. The number of fused-ring (bicyclic) bond motifs is 1. The molecule has 1 aliphatic carbocycles. The molecule has 1 aliphatic rings. The highest BCUT2D eigenvalue weighted by Gasteiger charge is 2.32. The number of hydrogen-bond donors (Lipinski definition) is 0. The van der Waals surface area contributed by atoms with Gasteiger partial charge in [-0.25, -0.2) is 0 Å². The van der Waals surface area contributed by atoms with Gasteiger partial charge in [-0.05, 0) is 40.8 Å². The molecule has 0 radical (unpaired) electrons. The second kappa shape index (κ2) is 6.20. The standard InChI is InChI=1S/C21H19NO3/c1-25-18-6-2-14(3-7-18)13-22-9-8-15-4-5-16(10-20(15)22)19-11-17(23)12-21(19)24/h2-10,19H,11-13H2,1H3. The largest absolute Gasteiger partial charge is 0.497 e. The van der Waals surface area contributed by atoms with Gasteiger partial charge >= 0.3 is 0 Å². The van der Waals surface area contributed by atoms with E-state index in [-0.39, 0.29) is 23.9 Å². The van der Waals surface area contributed by atoms with E-state index in [0.29, 0.717) is 6.42 Å². The van der Waals surface area contributed by atoms with Crippen LogP contribution in [-0.4, -0.2) is 23.2 Å². The van der Waals surface area contributed by atoms with E-state index in [1.54, 1.807) is 7.11 Å². The molecular weight excluding hydrogens is 314 g/mol. The first-order chi connectivity index (χ1) is 12.1. The van der Waals surface area contributed by atoms with Gasteiger partial charge in [-0.1, -0.05) is 24.3 Å². The van der Waals surface area contributed by atoms with Crippen molar-refractivity contribution >= 4 is 22.5 Å². The molecule has 0 saturated heterocycles. The second-order valence-corrected chi connectivity index (χ2v) is 6.55. The molecule has 4 rings (SSSR count). The lowest BCUT2D eigenvalue weighted by molar-refractivity contribution is -0.121. The van der Waals surface area contributed by atoms with Crippen molar-refractivity contribution in [3.63, 3.8) is 0 Å². The van der Waals surface area contributed by atoms with Gasteiger partial charge in [-0.15, -0.1) is 0 Å².